The number of nitrogens with zero attached hydrogens (tertiary/aromatic N) is 2. The number of aromatic nitrogens is 2. The smallest absolute Gasteiger partial charge is 0.152 e. The third-order valence-corrected chi connectivity index (χ3v) is 1.77. The Morgan fingerprint density at radius 1 is 1.58 bits per heavy atom. The van der Waals surface area contributed by atoms with E-state index in [9.17, 15) is 4.79 Å². The van der Waals surface area contributed by atoms with E-state index in [-0.39, 0.29) is 5.78 Å². The number of hydrogen-bond acceptors (Lipinski definition) is 2. The quantitative estimate of drug-likeness (QED) is 0.653. The monoisotopic (exact) mass is 186 g/mol. The maximum absolute atomic E-state index is 11.2. The first kappa shape index (κ1) is 9.26. The molecule has 0 aliphatic carbocycles. The molecule has 1 aromatic heterocycles. The van der Waals surface area contributed by atoms with Gasteiger partial charge in [0, 0.05) is 24.7 Å². The van der Waals surface area contributed by atoms with Crippen LogP contribution in [0.1, 0.15) is 12.8 Å². The van der Waals surface area contributed by atoms with Gasteiger partial charge in [-0.2, -0.15) is 0 Å². The Hall–Kier alpha value is -0.830. The first-order valence-electron chi connectivity index (χ1n) is 3.86. The van der Waals surface area contributed by atoms with Crippen molar-refractivity contribution in [3.63, 3.8) is 0 Å². The lowest BCUT2D eigenvalue weighted by atomic mass is 10.2. The number of halogens is 1. The van der Waals surface area contributed by atoms with E-state index in [1.165, 1.54) is 0 Å². The van der Waals surface area contributed by atoms with E-state index in [1.54, 1.807) is 23.3 Å². The Bertz CT molecular complexity index is 233. The van der Waals surface area contributed by atoms with Crippen molar-refractivity contribution in [2.75, 3.05) is 5.88 Å². The highest BCUT2D eigenvalue weighted by molar-refractivity contribution is 6.17. The molecule has 0 bridgehead atoms. The fourth-order valence-corrected chi connectivity index (χ4v) is 1.06. The van der Waals surface area contributed by atoms with E-state index in [4.69, 9.17) is 11.6 Å². The maximum Gasteiger partial charge on any atom is 0.152 e. The van der Waals surface area contributed by atoms with Crippen LogP contribution in [0, 0.1) is 0 Å². The van der Waals surface area contributed by atoms with Gasteiger partial charge in [-0.25, -0.2) is 4.98 Å². The number of imidazole rings is 1. The molecule has 0 N–H and O–H groups in total. The topological polar surface area (TPSA) is 34.9 Å². The van der Waals surface area contributed by atoms with Crippen molar-refractivity contribution in [3.8, 4) is 0 Å². The molecule has 12 heavy (non-hydrogen) atoms. The van der Waals surface area contributed by atoms with Crippen molar-refractivity contribution in [1.82, 2.24) is 9.55 Å². The molecular formula is C8H11ClN2O. The molecule has 1 rings (SSSR count). The Morgan fingerprint density at radius 2 is 2.42 bits per heavy atom. The van der Waals surface area contributed by atoms with Gasteiger partial charge >= 0.3 is 0 Å². The third-order valence-electron chi connectivity index (χ3n) is 1.51. The standard InChI is InChI=1S/C8H11ClN2O/c9-3-1-2-8(12)6-11-5-4-10-7-11/h4-5,7H,1-3,6H2. The lowest BCUT2D eigenvalue weighted by molar-refractivity contribution is -0.119. The Labute approximate surface area is 76.4 Å². The molecule has 4 heteroatoms. The molecule has 0 aliphatic heterocycles. The van der Waals surface area contributed by atoms with Crippen LogP contribution in [0.3, 0.4) is 0 Å². The van der Waals surface area contributed by atoms with Gasteiger partial charge in [0.05, 0.1) is 12.9 Å². The summed E-state index contributed by atoms with van der Waals surface area (Å²) >= 11 is 5.46. The predicted molar refractivity (Wildman–Crippen MR) is 47.2 cm³/mol. The summed E-state index contributed by atoms with van der Waals surface area (Å²) in [5, 5.41) is 0. The maximum atomic E-state index is 11.2. The average molecular weight is 187 g/mol. The number of hydrogen-bond donors (Lipinski definition) is 0. The largest absolute Gasteiger partial charge is 0.330 e. The van der Waals surface area contributed by atoms with Crippen LogP contribution in [0.4, 0.5) is 0 Å². The van der Waals surface area contributed by atoms with Crippen LogP contribution in [0.5, 0.6) is 0 Å². The molecule has 1 aromatic rings. The molecule has 0 saturated carbocycles. The van der Waals surface area contributed by atoms with Crippen LogP contribution >= 0.6 is 11.6 Å². The normalized spacial score (nSPS) is 10.1. The molecule has 0 fully saturated rings. The van der Waals surface area contributed by atoms with Gasteiger partial charge in [0.1, 0.15) is 0 Å². The van der Waals surface area contributed by atoms with Crippen molar-refractivity contribution in [3.05, 3.63) is 18.7 Å². The van der Waals surface area contributed by atoms with E-state index in [2.05, 4.69) is 4.98 Å². The number of ketones is 1. The Morgan fingerprint density at radius 3 is 3.00 bits per heavy atom. The van der Waals surface area contributed by atoms with E-state index in [0.717, 1.165) is 6.42 Å². The van der Waals surface area contributed by atoms with Gasteiger partial charge in [0.2, 0.25) is 0 Å². The number of alkyl halides is 1. The second-order valence-corrected chi connectivity index (χ2v) is 2.94. The number of rotatable bonds is 5. The van der Waals surface area contributed by atoms with Gasteiger partial charge in [-0.05, 0) is 6.42 Å². The molecule has 0 aliphatic rings. The van der Waals surface area contributed by atoms with Gasteiger partial charge in [0.15, 0.2) is 5.78 Å². The van der Waals surface area contributed by atoms with Crippen molar-refractivity contribution in [1.29, 1.82) is 0 Å². The van der Waals surface area contributed by atoms with Crippen molar-refractivity contribution in [2.45, 2.75) is 19.4 Å². The van der Waals surface area contributed by atoms with Crippen molar-refractivity contribution in [2.24, 2.45) is 0 Å². The number of carbonyl (C=O) groups excluding carboxylic acids is 1. The summed E-state index contributed by atoms with van der Waals surface area (Å²) in [6.07, 6.45) is 6.39. The van der Waals surface area contributed by atoms with Crippen LogP contribution in [0.15, 0.2) is 18.7 Å². The highest BCUT2D eigenvalue weighted by Crippen LogP contribution is 1.96. The molecule has 0 amide bonds. The van der Waals surface area contributed by atoms with Gasteiger partial charge < -0.3 is 4.57 Å². The predicted octanol–water partition coefficient (Wildman–Crippen LogP) is 1.47. The first-order valence-corrected chi connectivity index (χ1v) is 4.40. The van der Waals surface area contributed by atoms with Crippen LogP contribution in [-0.2, 0) is 11.3 Å². The van der Waals surface area contributed by atoms with E-state index in [0.29, 0.717) is 18.8 Å². The minimum Gasteiger partial charge on any atom is -0.330 e. The third kappa shape index (κ3) is 3.05. The van der Waals surface area contributed by atoms with Gasteiger partial charge in [-0.3, -0.25) is 4.79 Å². The molecule has 0 spiro atoms. The summed E-state index contributed by atoms with van der Waals surface area (Å²) < 4.78 is 1.76. The highest BCUT2D eigenvalue weighted by atomic mass is 35.5. The zero-order chi connectivity index (χ0) is 8.81. The lowest BCUT2D eigenvalue weighted by Gasteiger charge is -1.99. The fraction of sp³-hybridized carbons (Fsp3) is 0.500. The van der Waals surface area contributed by atoms with E-state index < -0.39 is 0 Å². The highest BCUT2D eigenvalue weighted by Gasteiger charge is 2.01. The lowest BCUT2D eigenvalue weighted by Crippen LogP contribution is -2.08. The first-order chi connectivity index (χ1) is 5.83. The molecule has 1 heterocycles. The molecule has 0 aromatic carbocycles. The molecule has 0 radical (unpaired) electrons. The summed E-state index contributed by atoms with van der Waals surface area (Å²) in [4.78, 5) is 15.0. The summed E-state index contributed by atoms with van der Waals surface area (Å²) in [5.41, 5.74) is 0. The minimum absolute atomic E-state index is 0.202. The summed E-state index contributed by atoms with van der Waals surface area (Å²) in [5.74, 6) is 0.754. The SMILES string of the molecule is O=C(CCCCl)Cn1ccnc1. The zero-order valence-corrected chi connectivity index (χ0v) is 7.50. The van der Waals surface area contributed by atoms with Crippen molar-refractivity contribution < 1.29 is 4.79 Å². The fourth-order valence-electron chi connectivity index (χ4n) is 0.927. The molecule has 0 atom stereocenters. The van der Waals surface area contributed by atoms with Crippen LogP contribution in [0.25, 0.3) is 0 Å². The molecule has 0 unspecified atom stereocenters. The second-order valence-electron chi connectivity index (χ2n) is 2.57. The van der Waals surface area contributed by atoms with Crippen LogP contribution < -0.4 is 0 Å². The summed E-state index contributed by atoms with van der Waals surface area (Å²) in [7, 11) is 0. The van der Waals surface area contributed by atoms with Gasteiger partial charge in [-0.1, -0.05) is 0 Å². The molecule has 66 valence electrons. The number of Topliss-reactive ketones (excluding diaryl/α,β-unsaturated/α-hetero) is 1. The summed E-state index contributed by atoms with van der Waals surface area (Å²) in [6.45, 7) is 0.414. The van der Waals surface area contributed by atoms with Crippen LogP contribution in [0.2, 0.25) is 0 Å². The zero-order valence-electron chi connectivity index (χ0n) is 6.74. The molecule has 3 nitrogen and oxygen atoms in total. The van der Waals surface area contributed by atoms with Crippen LogP contribution in [-0.4, -0.2) is 21.2 Å². The number of carbonyl (C=O) groups is 1. The Kier molecular flexibility index (Phi) is 3.80. The Balaban J connectivity index is 2.27. The van der Waals surface area contributed by atoms with E-state index in [1.807, 2.05) is 0 Å². The summed E-state index contributed by atoms with van der Waals surface area (Å²) in [6, 6.07) is 0. The molecular weight excluding hydrogens is 176 g/mol. The second kappa shape index (κ2) is 4.93. The van der Waals surface area contributed by atoms with Gasteiger partial charge in [0.25, 0.3) is 0 Å². The average Bonchev–Trinajstić information content (AvgIpc) is 2.53. The molecule has 0 saturated heterocycles. The minimum atomic E-state index is 0.202. The van der Waals surface area contributed by atoms with Crippen molar-refractivity contribution >= 4 is 17.4 Å². The van der Waals surface area contributed by atoms with E-state index >= 15 is 0 Å². The van der Waals surface area contributed by atoms with Gasteiger partial charge in [-0.15, -0.1) is 11.6 Å².